The van der Waals surface area contributed by atoms with Crippen LogP contribution in [-0.2, 0) is 4.74 Å². The van der Waals surface area contributed by atoms with E-state index < -0.39 is 0 Å². The molecular formula is C13H19NO2. The van der Waals surface area contributed by atoms with Gasteiger partial charge in [-0.3, -0.25) is 0 Å². The van der Waals surface area contributed by atoms with Crippen molar-refractivity contribution in [1.29, 1.82) is 0 Å². The number of ether oxygens (including phenoxy) is 2. The monoisotopic (exact) mass is 221 g/mol. The second-order valence-electron chi connectivity index (χ2n) is 4.61. The van der Waals surface area contributed by atoms with Crippen molar-refractivity contribution in [2.75, 3.05) is 25.6 Å². The molecule has 16 heavy (non-hydrogen) atoms. The number of anilines is 1. The van der Waals surface area contributed by atoms with Crippen LogP contribution < -0.4 is 9.64 Å². The summed E-state index contributed by atoms with van der Waals surface area (Å²) in [6.45, 7) is 2.99. The van der Waals surface area contributed by atoms with Gasteiger partial charge in [0, 0.05) is 26.2 Å². The van der Waals surface area contributed by atoms with Crippen LogP contribution in [0.5, 0.6) is 5.75 Å². The van der Waals surface area contributed by atoms with Crippen LogP contribution in [0.4, 0.5) is 5.69 Å². The fraction of sp³-hybridized carbons (Fsp3) is 0.538. The van der Waals surface area contributed by atoms with Gasteiger partial charge in [-0.15, -0.1) is 0 Å². The maximum Gasteiger partial charge on any atom is 0.200 e. The molecule has 0 spiro atoms. The van der Waals surface area contributed by atoms with E-state index in [9.17, 15) is 0 Å². The Hall–Kier alpha value is -1.22. The molecule has 0 aromatic heterocycles. The summed E-state index contributed by atoms with van der Waals surface area (Å²) in [5.41, 5.74) is 1.17. The molecule has 88 valence electrons. The van der Waals surface area contributed by atoms with Gasteiger partial charge in [0.05, 0.1) is 6.61 Å². The summed E-state index contributed by atoms with van der Waals surface area (Å²) in [5, 5.41) is 0. The van der Waals surface area contributed by atoms with E-state index in [2.05, 4.69) is 11.8 Å². The molecule has 0 N–H and O–H groups in total. The zero-order valence-corrected chi connectivity index (χ0v) is 10.1. The Balaban J connectivity index is 1.95. The third kappa shape index (κ3) is 2.67. The molecule has 1 fully saturated rings. The van der Waals surface area contributed by atoms with Crippen LogP contribution >= 0.6 is 0 Å². The highest BCUT2D eigenvalue weighted by Crippen LogP contribution is 2.24. The summed E-state index contributed by atoms with van der Waals surface area (Å²) in [6, 6.07) is 8.07. The number of nitrogens with zero attached hydrogens (tertiary/aromatic N) is 1. The van der Waals surface area contributed by atoms with Crippen molar-refractivity contribution in [2.24, 2.45) is 5.92 Å². The third-order valence-electron chi connectivity index (χ3n) is 2.78. The van der Waals surface area contributed by atoms with Crippen molar-refractivity contribution in [3.8, 4) is 5.75 Å². The molecule has 3 nitrogen and oxygen atoms in total. The Labute approximate surface area is 97.0 Å². The lowest BCUT2D eigenvalue weighted by Crippen LogP contribution is -2.14. The second kappa shape index (κ2) is 4.74. The Morgan fingerprint density at radius 3 is 2.44 bits per heavy atom. The maximum absolute atomic E-state index is 5.74. The molecule has 0 radical (unpaired) electrons. The first-order valence-corrected chi connectivity index (χ1v) is 5.71. The standard InChI is InChI=1S/C13H19NO2/c1-10-8-13(15-9-10)16-12-6-4-11(5-7-12)14(2)3/h4-7,10,13H,8-9H2,1-3H3/t10-,13?/m1/s1. The van der Waals surface area contributed by atoms with Crippen LogP contribution in [0, 0.1) is 5.92 Å². The highest BCUT2D eigenvalue weighted by molar-refractivity contribution is 5.47. The van der Waals surface area contributed by atoms with E-state index in [0.29, 0.717) is 5.92 Å². The number of rotatable bonds is 3. The first kappa shape index (κ1) is 11.3. The van der Waals surface area contributed by atoms with Crippen LogP contribution in [0.1, 0.15) is 13.3 Å². The van der Waals surface area contributed by atoms with E-state index in [4.69, 9.17) is 9.47 Å². The molecule has 0 amide bonds. The first-order chi connectivity index (χ1) is 7.65. The van der Waals surface area contributed by atoms with Crippen molar-refractivity contribution in [3.63, 3.8) is 0 Å². The maximum atomic E-state index is 5.74. The molecule has 1 heterocycles. The van der Waals surface area contributed by atoms with E-state index in [0.717, 1.165) is 18.8 Å². The molecule has 1 unspecified atom stereocenters. The summed E-state index contributed by atoms with van der Waals surface area (Å²) in [6.07, 6.45) is 0.912. The van der Waals surface area contributed by atoms with Crippen molar-refractivity contribution < 1.29 is 9.47 Å². The Morgan fingerprint density at radius 1 is 1.25 bits per heavy atom. The predicted molar refractivity (Wildman–Crippen MR) is 64.9 cm³/mol. The van der Waals surface area contributed by atoms with Crippen LogP contribution in [0.25, 0.3) is 0 Å². The minimum absolute atomic E-state index is 0.0693. The van der Waals surface area contributed by atoms with Gasteiger partial charge in [-0.1, -0.05) is 6.92 Å². The summed E-state index contributed by atoms with van der Waals surface area (Å²) in [5.74, 6) is 1.48. The number of hydrogen-bond acceptors (Lipinski definition) is 3. The van der Waals surface area contributed by atoms with Gasteiger partial charge >= 0.3 is 0 Å². The summed E-state index contributed by atoms with van der Waals surface area (Å²) in [7, 11) is 4.05. The van der Waals surface area contributed by atoms with Crippen molar-refractivity contribution in [3.05, 3.63) is 24.3 Å². The lowest BCUT2D eigenvalue weighted by molar-refractivity contribution is -0.0393. The van der Waals surface area contributed by atoms with Gasteiger partial charge < -0.3 is 14.4 Å². The zero-order valence-electron chi connectivity index (χ0n) is 10.1. The van der Waals surface area contributed by atoms with Crippen molar-refractivity contribution >= 4 is 5.69 Å². The van der Waals surface area contributed by atoms with Crippen molar-refractivity contribution in [2.45, 2.75) is 19.6 Å². The molecule has 3 heteroatoms. The van der Waals surface area contributed by atoms with Gasteiger partial charge in [0.25, 0.3) is 0 Å². The van der Waals surface area contributed by atoms with Crippen LogP contribution in [0.3, 0.4) is 0 Å². The summed E-state index contributed by atoms with van der Waals surface area (Å²) in [4.78, 5) is 2.07. The average molecular weight is 221 g/mol. The molecule has 1 aliphatic rings. The molecule has 0 bridgehead atoms. The number of benzene rings is 1. The molecule has 1 saturated heterocycles. The van der Waals surface area contributed by atoms with Crippen LogP contribution in [0.2, 0.25) is 0 Å². The van der Waals surface area contributed by atoms with Crippen LogP contribution in [0.15, 0.2) is 24.3 Å². The fourth-order valence-corrected chi connectivity index (χ4v) is 1.79. The smallest absolute Gasteiger partial charge is 0.200 e. The van der Waals surface area contributed by atoms with E-state index >= 15 is 0 Å². The molecule has 1 aliphatic heterocycles. The summed E-state index contributed by atoms with van der Waals surface area (Å²) >= 11 is 0. The number of hydrogen-bond donors (Lipinski definition) is 0. The quantitative estimate of drug-likeness (QED) is 0.782. The first-order valence-electron chi connectivity index (χ1n) is 5.71. The van der Waals surface area contributed by atoms with Gasteiger partial charge in [0.1, 0.15) is 5.75 Å². The van der Waals surface area contributed by atoms with Gasteiger partial charge in [-0.25, -0.2) is 0 Å². The molecule has 1 aromatic rings. The van der Waals surface area contributed by atoms with Gasteiger partial charge in [-0.05, 0) is 30.2 Å². The molecule has 0 aliphatic carbocycles. The predicted octanol–water partition coefficient (Wildman–Crippen LogP) is 2.51. The summed E-state index contributed by atoms with van der Waals surface area (Å²) < 4.78 is 11.3. The van der Waals surface area contributed by atoms with E-state index in [-0.39, 0.29) is 6.29 Å². The fourth-order valence-electron chi connectivity index (χ4n) is 1.79. The molecule has 1 aromatic carbocycles. The zero-order chi connectivity index (χ0) is 11.5. The SMILES string of the molecule is C[C@H]1COC(Oc2ccc(N(C)C)cc2)C1. The molecular weight excluding hydrogens is 202 g/mol. The molecule has 0 saturated carbocycles. The van der Waals surface area contributed by atoms with Gasteiger partial charge in [0.15, 0.2) is 6.29 Å². The van der Waals surface area contributed by atoms with E-state index in [1.54, 1.807) is 0 Å². The third-order valence-corrected chi connectivity index (χ3v) is 2.78. The Bertz CT molecular complexity index is 334. The van der Waals surface area contributed by atoms with Gasteiger partial charge in [0.2, 0.25) is 0 Å². The lowest BCUT2D eigenvalue weighted by atomic mass is 10.1. The highest BCUT2D eigenvalue weighted by atomic mass is 16.7. The Morgan fingerprint density at radius 2 is 1.94 bits per heavy atom. The minimum atomic E-state index is -0.0693. The highest BCUT2D eigenvalue weighted by Gasteiger charge is 2.23. The Kier molecular flexibility index (Phi) is 3.34. The lowest BCUT2D eigenvalue weighted by Gasteiger charge is -2.15. The van der Waals surface area contributed by atoms with Crippen molar-refractivity contribution in [1.82, 2.24) is 0 Å². The largest absolute Gasteiger partial charge is 0.465 e. The molecule has 2 rings (SSSR count). The minimum Gasteiger partial charge on any atom is -0.465 e. The van der Waals surface area contributed by atoms with E-state index in [1.807, 2.05) is 38.4 Å². The van der Waals surface area contributed by atoms with Crippen LogP contribution in [-0.4, -0.2) is 27.0 Å². The van der Waals surface area contributed by atoms with Gasteiger partial charge in [-0.2, -0.15) is 0 Å². The average Bonchev–Trinajstić information content (AvgIpc) is 2.65. The second-order valence-corrected chi connectivity index (χ2v) is 4.61. The van der Waals surface area contributed by atoms with E-state index in [1.165, 1.54) is 5.69 Å². The normalized spacial score (nSPS) is 24.4. The molecule has 2 atom stereocenters. The topological polar surface area (TPSA) is 21.7 Å².